The van der Waals surface area contributed by atoms with Crippen LogP contribution < -0.4 is 14.8 Å². The molecule has 0 aliphatic carbocycles. The Morgan fingerprint density at radius 2 is 1.71 bits per heavy atom. The van der Waals surface area contributed by atoms with E-state index >= 15 is 0 Å². The smallest absolute Gasteiger partial charge is 0.243 e. The number of nitrogens with one attached hydrogen (secondary N) is 1. The minimum atomic E-state index is -0.652. The standard InChI is InChI=1S/C28H29ClN2O4/c1-2-30-28(33)24(16-20-7-4-3-5-8-20)31(18-22-9-6-10-23(29)15-22)27(32)14-12-21-11-13-25-26(17-21)35-19-34-25/h3-11,13,15,17,24H,2,12,14,16,18-19H2,1H3,(H,30,33)/t24-/m1/s1. The first kappa shape index (κ1) is 24.6. The molecule has 3 aromatic rings. The van der Waals surface area contributed by atoms with E-state index in [4.69, 9.17) is 21.1 Å². The predicted molar refractivity (Wildman–Crippen MR) is 136 cm³/mol. The van der Waals surface area contributed by atoms with E-state index in [-0.39, 0.29) is 31.6 Å². The number of benzene rings is 3. The molecule has 0 radical (unpaired) electrons. The summed E-state index contributed by atoms with van der Waals surface area (Å²) in [6.07, 6.45) is 1.20. The Morgan fingerprint density at radius 3 is 2.49 bits per heavy atom. The molecule has 6 nitrogen and oxygen atoms in total. The molecule has 35 heavy (non-hydrogen) atoms. The first-order valence-corrected chi connectivity index (χ1v) is 12.2. The predicted octanol–water partition coefficient (Wildman–Crippen LogP) is 4.78. The number of rotatable bonds is 10. The Bertz CT molecular complexity index is 1170. The number of carbonyl (C=O) groups excluding carboxylic acids is 2. The van der Waals surface area contributed by atoms with Gasteiger partial charge in [-0.15, -0.1) is 0 Å². The van der Waals surface area contributed by atoms with Gasteiger partial charge in [0.1, 0.15) is 6.04 Å². The van der Waals surface area contributed by atoms with E-state index in [1.54, 1.807) is 11.0 Å². The van der Waals surface area contributed by atoms with Crippen LogP contribution in [-0.2, 0) is 29.0 Å². The zero-order chi connectivity index (χ0) is 24.6. The van der Waals surface area contributed by atoms with Crippen LogP contribution >= 0.6 is 11.6 Å². The number of nitrogens with zero attached hydrogens (tertiary/aromatic N) is 1. The molecule has 1 N–H and O–H groups in total. The van der Waals surface area contributed by atoms with Gasteiger partial charge in [0.15, 0.2) is 11.5 Å². The number of hydrogen-bond donors (Lipinski definition) is 1. The Kier molecular flexibility index (Phi) is 8.27. The number of amides is 2. The Hall–Kier alpha value is -3.51. The molecule has 4 rings (SSSR count). The molecule has 1 aliphatic rings. The van der Waals surface area contributed by atoms with Crippen molar-refractivity contribution in [2.24, 2.45) is 0 Å². The second-order valence-electron chi connectivity index (χ2n) is 8.44. The summed E-state index contributed by atoms with van der Waals surface area (Å²) in [7, 11) is 0. The second kappa shape index (κ2) is 11.8. The minimum Gasteiger partial charge on any atom is -0.454 e. The van der Waals surface area contributed by atoms with E-state index in [2.05, 4.69) is 5.32 Å². The maximum Gasteiger partial charge on any atom is 0.243 e. The molecule has 0 unspecified atom stereocenters. The average molecular weight is 493 g/mol. The normalized spacial score (nSPS) is 12.7. The number of carbonyl (C=O) groups is 2. The van der Waals surface area contributed by atoms with Gasteiger partial charge in [-0.25, -0.2) is 0 Å². The fraction of sp³-hybridized carbons (Fsp3) is 0.286. The van der Waals surface area contributed by atoms with Crippen LogP contribution in [0.25, 0.3) is 0 Å². The summed E-state index contributed by atoms with van der Waals surface area (Å²) in [5.74, 6) is 1.13. The van der Waals surface area contributed by atoms with Crippen molar-refractivity contribution in [2.45, 2.75) is 38.8 Å². The van der Waals surface area contributed by atoms with Crippen molar-refractivity contribution in [3.05, 3.63) is 94.5 Å². The molecule has 3 aromatic carbocycles. The maximum absolute atomic E-state index is 13.6. The zero-order valence-corrected chi connectivity index (χ0v) is 20.5. The van der Waals surface area contributed by atoms with Gasteiger partial charge in [-0.05, 0) is 54.3 Å². The SMILES string of the molecule is CCNC(=O)[C@@H](Cc1ccccc1)N(Cc1cccc(Cl)c1)C(=O)CCc1ccc2c(c1)OCO2. The van der Waals surface area contributed by atoms with Crippen LogP contribution in [0.5, 0.6) is 11.5 Å². The van der Waals surface area contributed by atoms with Gasteiger partial charge in [0, 0.05) is 31.0 Å². The van der Waals surface area contributed by atoms with Gasteiger partial charge in [-0.3, -0.25) is 9.59 Å². The third kappa shape index (κ3) is 6.55. The monoisotopic (exact) mass is 492 g/mol. The van der Waals surface area contributed by atoms with Gasteiger partial charge in [0.2, 0.25) is 18.6 Å². The van der Waals surface area contributed by atoms with E-state index in [0.29, 0.717) is 35.9 Å². The molecule has 7 heteroatoms. The van der Waals surface area contributed by atoms with Crippen molar-refractivity contribution < 1.29 is 19.1 Å². The molecular formula is C28H29ClN2O4. The van der Waals surface area contributed by atoms with Crippen molar-refractivity contribution in [1.82, 2.24) is 10.2 Å². The fourth-order valence-corrected chi connectivity index (χ4v) is 4.38. The fourth-order valence-electron chi connectivity index (χ4n) is 4.17. The third-order valence-electron chi connectivity index (χ3n) is 5.93. The summed E-state index contributed by atoms with van der Waals surface area (Å²) >= 11 is 6.21. The number of halogens is 1. The van der Waals surface area contributed by atoms with Gasteiger partial charge in [-0.1, -0.05) is 60.1 Å². The quantitative estimate of drug-likeness (QED) is 0.442. The molecular weight excluding hydrogens is 464 g/mol. The lowest BCUT2D eigenvalue weighted by molar-refractivity contribution is -0.141. The van der Waals surface area contributed by atoms with Crippen LogP contribution in [0.1, 0.15) is 30.0 Å². The molecule has 182 valence electrons. The van der Waals surface area contributed by atoms with Crippen molar-refractivity contribution in [1.29, 1.82) is 0 Å². The second-order valence-corrected chi connectivity index (χ2v) is 8.88. The Labute approximate surface area is 210 Å². The summed E-state index contributed by atoms with van der Waals surface area (Å²) in [5.41, 5.74) is 2.84. The number of fused-ring (bicyclic) bond motifs is 1. The molecule has 1 atom stereocenters. The van der Waals surface area contributed by atoms with E-state index in [1.165, 1.54) is 0 Å². The third-order valence-corrected chi connectivity index (χ3v) is 6.16. The van der Waals surface area contributed by atoms with Crippen LogP contribution in [0.2, 0.25) is 5.02 Å². The van der Waals surface area contributed by atoms with Gasteiger partial charge < -0.3 is 19.7 Å². The van der Waals surface area contributed by atoms with Gasteiger partial charge in [-0.2, -0.15) is 0 Å². The number of likely N-dealkylation sites (N-methyl/N-ethyl adjacent to an activating group) is 1. The zero-order valence-electron chi connectivity index (χ0n) is 19.7. The molecule has 0 aromatic heterocycles. The van der Waals surface area contributed by atoms with Crippen molar-refractivity contribution >= 4 is 23.4 Å². The summed E-state index contributed by atoms with van der Waals surface area (Å²) in [6, 6.07) is 22.2. The first-order valence-electron chi connectivity index (χ1n) is 11.8. The topological polar surface area (TPSA) is 67.9 Å². The molecule has 0 bridgehead atoms. The highest BCUT2D eigenvalue weighted by Gasteiger charge is 2.30. The average Bonchev–Trinajstić information content (AvgIpc) is 3.33. The van der Waals surface area contributed by atoms with Crippen LogP contribution in [0.3, 0.4) is 0 Å². The Balaban J connectivity index is 1.58. The van der Waals surface area contributed by atoms with E-state index in [0.717, 1.165) is 16.7 Å². The maximum atomic E-state index is 13.6. The largest absolute Gasteiger partial charge is 0.454 e. The van der Waals surface area contributed by atoms with Crippen LogP contribution in [0.15, 0.2) is 72.8 Å². The molecule has 0 fully saturated rings. The molecule has 1 aliphatic heterocycles. The van der Waals surface area contributed by atoms with Crippen LogP contribution in [0.4, 0.5) is 0 Å². The highest BCUT2D eigenvalue weighted by molar-refractivity contribution is 6.30. The van der Waals surface area contributed by atoms with Crippen molar-refractivity contribution in [3.8, 4) is 11.5 Å². The van der Waals surface area contributed by atoms with E-state index in [1.807, 2.05) is 73.7 Å². The van der Waals surface area contributed by atoms with E-state index < -0.39 is 6.04 Å². The highest BCUT2D eigenvalue weighted by Crippen LogP contribution is 2.33. The van der Waals surface area contributed by atoms with Crippen molar-refractivity contribution in [3.63, 3.8) is 0 Å². The van der Waals surface area contributed by atoms with Gasteiger partial charge >= 0.3 is 0 Å². The summed E-state index contributed by atoms with van der Waals surface area (Å²) in [5, 5.41) is 3.50. The number of ether oxygens (including phenoxy) is 2. The Morgan fingerprint density at radius 1 is 0.943 bits per heavy atom. The summed E-state index contributed by atoms with van der Waals surface area (Å²) < 4.78 is 10.8. The van der Waals surface area contributed by atoms with Crippen LogP contribution in [0, 0.1) is 0 Å². The lowest BCUT2D eigenvalue weighted by Crippen LogP contribution is -2.50. The molecule has 0 saturated carbocycles. The summed E-state index contributed by atoms with van der Waals surface area (Å²) in [6.45, 7) is 2.86. The van der Waals surface area contributed by atoms with Crippen LogP contribution in [-0.4, -0.2) is 36.1 Å². The van der Waals surface area contributed by atoms with Gasteiger partial charge in [0.25, 0.3) is 0 Å². The summed E-state index contributed by atoms with van der Waals surface area (Å²) in [4.78, 5) is 28.5. The first-order chi connectivity index (χ1) is 17.0. The van der Waals surface area contributed by atoms with Crippen molar-refractivity contribution in [2.75, 3.05) is 13.3 Å². The lowest BCUT2D eigenvalue weighted by Gasteiger charge is -2.31. The van der Waals surface area contributed by atoms with E-state index in [9.17, 15) is 9.59 Å². The molecule has 0 saturated heterocycles. The number of hydrogen-bond acceptors (Lipinski definition) is 4. The van der Waals surface area contributed by atoms with Gasteiger partial charge in [0.05, 0.1) is 0 Å². The lowest BCUT2D eigenvalue weighted by atomic mass is 10.0. The highest BCUT2D eigenvalue weighted by atomic mass is 35.5. The molecule has 0 spiro atoms. The molecule has 1 heterocycles. The number of aryl methyl sites for hydroxylation is 1. The molecule has 2 amide bonds. The minimum absolute atomic E-state index is 0.102.